The maximum atomic E-state index is 12.0. The summed E-state index contributed by atoms with van der Waals surface area (Å²) in [5, 5.41) is 5.55. The van der Waals surface area contributed by atoms with Crippen molar-refractivity contribution in [3.8, 4) is 5.75 Å². The van der Waals surface area contributed by atoms with E-state index in [0.29, 0.717) is 30.4 Å². The van der Waals surface area contributed by atoms with Crippen molar-refractivity contribution in [1.29, 1.82) is 0 Å². The first-order chi connectivity index (χ1) is 12.5. The summed E-state index contributed by atoms with van der Waals surface area (Å²) < 4.78 is 5.52. The number of hydrogen-bond donors (Lipinski definition) is 2. The summed E-state index contributed by atoms with van der Waals surface area (Å²) in [4.78, 5) is 25.3. The van der Waals surface area contributed by atoms with Crippen molar-refractivity contribution in [3.05, 3.63) is 54.1 Å². The molecular formula is C20H23N3O3. The lowest BCUT2D eigenvalue weighted by Gasteiger charge is -2.15. The standard InChI is InChI=1S/C20H23N3O3/c1-14(2)15-3-9-18(10-4-15)26-13-19(24)22-16-5-7-17(8-6-16)23-12-11-21-20(23)25/h3-10,14H,11-13H2,1-2H3,(H,21,25)(H,22,24). The van der Waals surface area contributed by atoms with Crippen LogP contribution in [0.3, 0.4) is 0 Å². The molecule has 1 fully saturated rings. The Labute approximate surface area is 153 Å². The molecule has 6 heteroatoms. The lowest BCUT2D eigenvalue weighted by molar-refractivity contribution is -0.118. The highest BCUT2D eigenvalue weighted by molar-refractivity contribution is 5.95. The summed E-state index contributed by atoms with van der Waals surface area (Å²) in [6, 6.07) is 14.8. The summed E-state index contributed by atoms with van der Waals surface area (Å²) in [5.41, 5.74) is 2.70. The molecule has 1 saturated heterocycles. The first kappa shape index (κ1) is 17.8. The molecule has 0 bridgehead atoms. The molecule has 26 heavy (non-hydrogen) atoms. The number of urea groups is 1. The molecule has 3 amide bonds. The largest absolute Gasteiger partial charge is 0.484 e. The number of carbonyl (C=O) groups excluding carboxylic acids is 2. The van der Waals surface area contributed by atoms with E-state index in [0.717, 1.165) is 5.69 Å². The van der Waals surface area contributed by atoms with Gasteiger partial charge in [0, 0.05) is 24.5 Å². The van der Waals surface area contributed by atoms with E-state index in [1.54, 1.807) is 17.0 Å². The molecule has 1 aliphatic rings. The van der Waals surface area contributed by atoms with Crippen LogP contribution in [0, 0.1) is 0 Å². The highest BCUT2D eigenvalue weighted by Gasteiger charge is 2.20. The second kappa shape index (κ2) is 7.91. The van der Waals surface area contributed by atoms with Gasteiger partial charge in [-0.3, -0.25) is 9.69 Å². The fraction of sp³-hybridized carbons (Fsp3) is 0.300. The summed E-state index contributed by atoms with van der Waals surface area (Å²) in [6.07, 6.45) is 0. The zero-order valence-electron chi connectivity index (χ0n) is 15.0. The maximum absolute atomic E-state index is 12.0. The smallest absolute Gasteiger partial charge is 0.321 e. The van der Waals surface area contributed by atoms with E-state index in [4.69, 9.17) is 4.74 Å². The van der Waals surface area contributed by atoms with Crippen LogP contribution in [-0.4, -0.2) is 31.6 Å². The predicted octanol–water partition coefficient (Wildman–Crippen LogP) is 3.36. The molecule has 0 aliphatic carbocycles. The molecule has 0 saturated carbocycles. The number of amides is 3. The third-order valence-corrected chi connectivity index (χ3v) is 4.24. The third-order valence-electron chi connectivity index (χ3n) is 4.24. The molecule has 2 aromatic carbocycles. The number of hydrogen-bond acceptors (Lipinski definition) is 3. The van der Waals surface area contributed by atoms with Crippen molar-refractivity contribution < 1.29 is 14.3 Å². The van der Waals surface area contributed by atoms with Gasteiger partial charge in [-0.1, -0.05) is 26.0 Å². The second-order valence-corrected chi connectivity index (χ2v) is 6.49. The summed E-state index contributed by atoms with van der Waals surface area (Å²) in [6.45, 7) is 5.49. The van der Waals surface area contributed by atoms with Crippen molar-refractivity contribution in [2.45, 2.75) is 19.8 Å². The SMILES string of the molecule is CC(C)c1ccc(OCC(=O)Nc2ccc(N3CCNC3=O)cc2)cc1. The maximum Gasteiger partial charge on any atom is 0.321 e. The van der Waals surface area contributed by atoms with Gasteiger partial charge in [0.15, 0.2) is 6.61 Å². The minimum atomic E-state index is -0.232. The number of nitrogens with one attached hydrogen (secondary N) is 2. The first-order valence-electron chi connectivity index (χ1n) is 8.71. The third kappa shape index (κ3) is 4.33. The summed E-state index contributed by atoms with van der Waals surface area (Å²) in [5.74, 6) is 0.895. The molecule has 0 aromatic heterocycles. The van der Waals surface area contributed by atoms with Crippen LogP contribution in [0.1, 0.15) is 25.3 Å². The Kier molecular flexibility index (Phi) is 5.41. The van der Waals surface area contributed by atoms with Gasteiger partial charge in [0.2, 0.25) is 0 Å². The van der Waals surface area contributed by atoms with Crippen LogP contribution in [0.5, 0.6) is 5.75 Å². The summed E-state index contributed by atoms with van der Waals surface area (Å²) >= 11 is 0. The van der Waals surface area contributed by atoms with Gasteiger partial charge in [0.25, 0.3) is 5.91 Å². The number of benzene rings is 2. The van der Waals surface area contributed by atoms with Gasteiger partial charge in [-0.05, 0) is 47.9 Å². The van der Waals surface area contributed by atoms with E-state index in [2.05, 4.69) is 24.5 Å². The minimum Gasteiger partial charge on any atom is -0.484 e. The van der Waals surface area contributed by atoms with E-state index in [9.17, 15) is 9.59 Å². The molecule has 1 heterocycles. The Morgan fingerprint density at radius 1 is 1.15 bits per heavy atom. The molecule has 0 atom stereocenters. The molecular weight excluding hydrogens is 330 g/mol. The Morgan fingerprint density at radius 2 is 1.85 bits per heavy atom. The molecule has 6 nitrogen and oxygen atoms in total. The van der Waals surface area contributed by atoms with Crippen LogP contribution in [0.15, 0.2) is 48.5 Å². The van der Waals surface area contributed by atoms with E-state index in [1.165, 1.54) is 5.56 Å². The van der Waals surface area contributed by atoms with E-state index in [-0.39, 0.29) is 18.5 Å². The minimum absolute atomic E-state index is 0.0582. The zero-order chi connectivity index (χ0) is 18.5. The Balaban J connectivity index is 1.50. The fourth-order valence-corrected chi connectivity index (χ4v) is 2.74. The van der Waals surface area contributed by atoms with Crippen LogP contribution < -0.4 is 20.3 Å². The van der Waals surface area contributed by atoms with Crippen molar-refractivity contribution in [3.63, 3.8) is 0 Å². The predicted molar refractivity (Wildman–Crippen MR) is 102 cm³/mol. The van der Waals surface area contributed by atoms with Crippen LogP contribution in [-0.2, 0) is 4.79 Å². The molecule has 0 radical (unpaired) electrons. The van der Waals surface area contributed by atoms with Crippen molar-refractivity contribution in [1.82, 2.24) is 5.32 Å². The van der Waals surface area contributed by atoms with Crippen LogP contribution in [0.2, 0.25) is 0 Å². The number of anilines is 2. The van der Waals surface area contributed by atoms with Gasteiger partial charge >= 0.3 is 6.03 Å². The Bertz CT molecular complexity index is 770. The van der Waals surface area contributed by atoms with Crippen LogP contribution >= 0.6 is 0 Å². The number of carbonyl (C=O) groups is 2. The summed E-state index contributed by atoms with van der Waals surface area (Å²) in [7, 11) is 0. The average molecular weight is 353 g/mol. The van der Waals surface area contributed by atoms with Gasteiger partial charge in [-0.2, -0.15) is 0 Å². The molecule has 0 unspecified atom stereocenters. The lowest BCUT2D eigenvalue weighted by Crippen LogP contribution is -2.27. The van der Waals surface area contributed by atoms with E-state index in [1.807, 2.05) is 36.4 Å². The van der Waals surface area contributed by atoms with Gasteiger partial charge in [-0.25, -0.2) is 4.79 Å². The number of rotatable bonds is 6. The van der Waals surface area contributed by atoms with Crippen LogP contribution in [0.25, 0.3) is 0 Å². The van der Waals surface area contributed by atoms with Gasteiger partial charge < -0.3 is 15.4 Å². The van der Waals surface area contributed by atoms with Gasteiger partial charge in [0.1, 0.15) is 5.75 Å². The van der Waals surface area contributed by atoms with E-state index < -0.39 is 0 Å². The highest BCUT2D eigenvalue weighted by Crippen LogP contribution is 2.20. The topological polar surface area (TPSA) is 70.7 Å². The quantitative estimate of drug-likeness (QED) is 0.836. The monoisotopic (exact) mass is 353 g/mol. The van der Waals surface area contributed by atoms with Crippen LogP contribution in [0.4, 0.5) is 16.2 Å². The fourth-order valence-electron chi connectivity index (χ4n) is 2.74. The molecule has 2 aromatic rings. The zero-order valence-corrected chi connectivity index (χ0v) is 15.0. The van der Waals surface area contributed by atoms with Gasteiger partial charge in [-0.15, -0.1) is 0 Å². The number of nitrogens with zero attached hydrogens (tertiary/aromatic N) is 1. The second-order valence-electron chi connectivity index (χ2n) is 6.49. The van der Waals surface area contributed by atoms with E-state index >= 15 is 0 Å². The van der Waals surface area contributed by atoms with Crippen molar-refractivity contribution in [2.24, 2.45) is 0 Å². The first-order valence-corrected chi connectivity index (χ1v) is 8.71. The van der Waals surface area contributed by atoms with Crippen molar-refractivity contribution in [2.75, 3.05) is 29.9 Å². The number of ether oxygens (including phenoxy) is 1. The molecule has 0 spiro atoms. The Hall–Kier alpha value is -3.02. The molecule has 1 aliphatic heterocycles. The molecule has 136 valence electrons. The molecule has 2 N–H and O–H groups in total. The van der Waals surface area contributed by atoms with Gasteiger partial charge in [0.05, 0.1) is 0 Å². The highest BCUT2D eigenvalue weighted by atomic mass is 16.5. The molecule has 3 rings (SSSR count). The average Bonchev–Trinajstić information content (AvgIpc) is 3.07. The van der Waals surface area contributed by atoms with Crippen molar-refractivity contribution >= 4 is 23.3 Å². The Morgan fingerprint density at radius 3 is 2.42 bits per heavy atom. The normalized spacial score (nSPS) is 13.7. The lowest BCUT2D eigenvalue weighted by atomic mass is 10.0.